The van der Waals surface area contributed by atoms with Gasteiger partial charge in [-0.05, 0) is 38.8 Å². The lowest BCUT2D eigenvalue weighted by atomic mass is 10.1. The summed E-state index contributed by atoms with van der Waals surface area (Å²) >= 11 is 1.20. The molecule has 1 N–H and O–H groups in total. The summed E-state index contributed by atoms with van der Waals surface area (Å²) in [6.45, 7) is 7.45. The summed E-state index contributed by atoms with van der Waals surface area (Å²) in [6, 6.07) is 4.67. The Bertz CT molecular complexity index is 785. The Morgan fingerprint density at radius 3 is 2.42 bits per heavy atom. The summed E-state index contributed by atoms with van der Waals surface area (Å²) in [5, 5.41) is 14.2. The Morgan fingerprint density at radius 2 is 1.83 bits per heavy atom. The van der Waals surface area contributed by atoms with Gasteiger partial charge in [-0.15, -0.1) is 0 Å². The Morgan fingerprint density at radius 1 is 1.21 bits per heavy atom. The van der Waals surface area contributed by atoms with Gasteiger partial charge in [0.05, 0.1) is 10.7 Å². The minimum Gasteiger partial charge on any atom is -0.319 e. The number of aryl methyl sites for hydroxylation is 3. The molecule has 0 unspecified atom stereocenters. The van der Waals surface area contributed by atoms with Crippen LogP contribution in [0.15, 0.2) is 23.4 Å². The van der Waals surface area contributed by atoms with Gasteiger partial charge < -0.3 is 5.32 Å². The normalized spacial score (nSPS) is 10.5. The molecule has 1 heterocycles. The molecule has 0 radical (unpaired) electrons. The smallest absolute Gasteiger partial charge is 0.293 e. The van der Waals surface area contributed by atoms with Crippen molar-refractivity contribution in [1.29, 1.82) is 0 Å². The summed E-state index contributed by atoms with van der Waals surface area (Å²) in [5.41, 5.74) is 3.52. The van der Waals surface area contributed by atoms with Crippen molar-refractivity contribution in [3.8, 4) is 0 Å². The molecule has 2 rings (SSSR count). The summed E-state index contributed by atoms with van der Waals surface area (Å²) in [5.74, 6) is -0.259. The molecule has 1 aromatic carbocycles. The molecule has 0 fully saturated rings. The zero-order valence-electron chi connectivity index (χ0n) is 13.9. The second-order valence-corrected chi connectivity index (χ2v) is 6.31. The van der Waals surface area contributed by atoms with E-state index in [1.54, 1.807) is 19.1 Å². The number of anilines is 1. The second kappa shape index (κ2) is 7.39. The average Bonchev–Trinajstić information content (AvgIpc) is 2.52. The van der Waals surface area contributed by atoms with Crippen LogP contribution in [0.2, 0.25) is 0 Å². The molecule has 0 spiro atoms. The Kier molecular flexibility index (Phi) is 5.50. The van der Waals surface area contributed by atoms with Crippen LogP contribution in [-0.2, 0) is 4.79 Å². The molecule has 126 valence electrons. The number of hydrogen-bond acceptors (Lipinski definition) is 6. The third-order valence-electron chi connectivity index (χ3n) is 3.66. The van der Waals surface area contributed by atoms with E-state index in [0.717, 1.165) is 17.0 Å². The maximum Gasteiger partial charge on any atom is 0.293 e. The molecule has 0 bridgehead atoms. The van der Waals surface area contributed by atoms with Crippen LogP contribution >= 0.6 is 11.8 Å². The minimum absolute atomic E-state index is 0.0768. The topological polar surface area (TPSA) is 98.0 Å². The van der Waals surface area contributed by atoms with Gasteiger partial charge in [0.1, 0.15) is 5.69 Å². The van der Waals surface area contributed by atoms with E-state index in [1.165, 1.54) is 17.8 Å². The van der Waals surface area contributed by atoms with Gasteiger partial charge in [-0.1, -0.05) is 23.9 Å². The van der Waals surface area contributed by atoms with Crippen LogP contribution in [0.5, 0.6) is 0 Å². The number of thioether (sulfide) groups is 1. The number of carbonyl (C=O) groups excluding carboxylic acids is 1. The summed E-state index contributed by atoms with van der Waals surface area (Å²) in [7, 11) is 0. The van der Waals surface area contributed by atoms with Crippen molar-refractivity contribution in [2.24, 2.45) is 0 Å². The first kappa shape index (κ1) is 17.9. The zero-order valence-corrected chi connectivity index (χ0v) is 14.7. The number of nitro benzene ring substituents is 1. The maximum absolute atomic E-state index is 12.1. The third-order valence-corrected chi connectivity index (χ3v) is 4.50. The van der Waals surface area contributed by atoms with Crippen LogP contribution in [0.3, 0.4) is 0 Å². The number of carbonyl (C=O) groups is 1. The van der Waals surface area contributed by atoms with E-state index in [2.05, 4.69) is 15.3 Å². The third kappa shape index (κ3) is 4.08. The van der Waals surface area contributed by atoms with E-state index in [4.69, 9.17) is 0 Å². The lowest BCUT2D eigenvalue weighted by Gasteiger charge is -2.09. The van der Waals surface area contributed by atoms with Gasteiger partial charge in [0.2, 0.25) is 5.91 Å². The van der Waals surface area contributed by atoms with Crippen molar-refractivity contribution in [1.82, 2.24) is 9.97 Å². The predicted molar refractivity (Wildman–Crippen MR) is 93.4 cm³/mol. The van der Waals surface area contributed by atoms with Crippen LogP contribution in [0, 0.1) is 37.8 Å². The Hall–Kier alpha value is -2.48. The number of nitro groups is 1. The standard InChI is InChI=1S/C16H18N4O3S/c1-9-6-5-7-13(20(22)23)15(9)19-14(21)8-24-16-17-11(3)10(2)12(4)18-16/h5-7H,8H2,1-4H3,(H,19,21). The molecule has 0 saturated carbocycles. The van der Waals surface area contributed by atoms with E-state index in [1.807, 2.05) is 20.8 Å². The lowest BCUT2D eigenvalue weighted by molar-refractivity contribution is -0.384. The maximum atomic E-state index is 12.1. The van der Waals surface area contributed by atoms with Crippen LogP contribution in [-0.4, -0.2) is 26.6 Å². The fourth-order valence-corrected chi connectivity index (χ4v) is 2.81. The number of aromatic nitrogens is 2. The highest BCUT2D eigenvalue weighted by molar-refractivity contribution is 7.99. The molecule has 0 aliphatic heterocycles. The molecular formula is C16H18N4O3S. The van der Waals surface area contributed by atoms with Gasteiger partial charge in [-0.3, -0.25) is 14.9 Å². The van der Waals surface area contributed by atoms with E-state index in [0.29, 0.717) is 10.7 Å². The van der Waals surface area contributed by atoms with Crippen molar-refractivity contribution >= 4 is 29.0 Å². The zero-order chi connectivity index (χ0) is 17.9. The summed E-state index contributed by atoms with van der Waals surface area (Å²) < 4.78 is 0. The van der Waals surface area contributed by atoms with Crippen molar-refractivity contribution in [2.75, 3.05) is 11.1 Å². The molecule has 1 aromatic heterocycles. The van der Waals surface area contributed by atoms with E-state index in [9.17, 15) is 14.9 Å². The highest BCUT2D eigenvalue weighted by atomic mass is 32.2. The molecule has 0 aliphatic carbocycles. The highest BCUT2D eigenvalue weighted by Crippen LogP contribution is 2.28. The van der Waals surface area contributed by atoms with Gasteiger partial charge >= 0.3 is 0 Å². The monoisotopic (exact) mass is 346 g/mol. The van der Waals surface area contributed by atoms with Crippen LogP contribution < -0.4 is 5.32 Å². The SMILES string of the molecule is Cc1cccc([N+](=O)[O-])c1NC(=O)CSc1nc(C)c(C)c(C)n1. The van der Waals surface area contributed by atoms with E-state index < -0.39 is 4.92 Å². The van der Waals surface area contributed by atoms with Gasteiger partial charge in [-0.2, -0.15) is 0 Å². The Balaban J connectivity index is 2.09. The molecular weight excluding hydrogens is 328 g/mol. The summed E-state index contributed by atoms with van der Waals surface area (Å²) in [6.07, 6.45) is 0. The molecule has 0 saturated heterocycles. The first-order valence-corrected chi connectivity index (χ1v) is 8.26. The van der Waals surface area contributed by atoms with Gasteiger partial charge in [0.15, 0.2) is 5.16 Å². The summed E-state index contributed by atoms with van der Waals surface area (Å²) in [4.78, 5) is 31.4. The number of rotatable bonds is 5. The van der Waals surface area contributed by atoms with Crippen molar-refractivity contribution in [3.05, 3.63) is 50.8 Å². The largest absolute Gasteiger partial charge is 0.319 e. The molecule has 8 heteroatoms. The van der Waals surface area contributed by atoms with Gasteiger partial charge in [0, 0.05) is 17.5 Å². The number of nitrogens with zero attached hydrogens (tertiary/aromatic N) is 3. The molecule has 0 aliphatic rings. The second-order valence-electron chi connectivity index (χ2n) is 5.36. The van der Waals surface area contributed by atoms with Gasteiger partial charge in [-0.25, -0.2) is 9.97 Å². The predicted octanol–water partition coefficient (Wildman–Crippen LogP) is 3.35. The molecule has 0 atom stereocenters. The molecule has 24 heavy (non-hydrogen) atoms. The lowest BCUT2D eigenvalue weighted by Crippen LogP contribution is -2.16. The Labute approximate surface area is 144 Å². The van der Waals surface area contributed by atoms with Crippen LogP contribution in [0.1, 0.15) is 22.5 Å². The first-order valence-electron chi connectivity index (χ1n) is 7.28. The highest BCUT2D eigenvalue weighted by Gasteiger charge is 2.18. The van der Waals surface area contributed by atoms with Crippen molar-refractivity contribution < 1.29 is 9.72 Å². The number of hydrogen-bond donors (Lipinski definition) is 1. The molecule has 2 aromatic rings. The molecule has 1 amide bonds. The number of para-hydroxylation sites is 1. The quantitative estimate of drug-likeness (QED) is 0.386. The molecule has 7 nitrogen and oxygen atoms in total. The fourth-order valence-electron chi connectivity index (χ4n) is 2.08. The van der Waals surface area contributed by atoms with Crippen molar-refractivity contribution in [2.45, 2.75) is 32.9 Å². The van der Waals surface area contributed by atoms with E-state index in [-0.39, 0.29) is 23.0 Å². The number of amides is 1. The average molecular weight is 346 g/mol. The van der Waals surface area contributed by atoms with Gasteiger partial charge in [0.25, 0.3) is 5.69 Å². The van der Waals surface area contributed by atoms with Crippen LogP contribution in [0.25, 0.3) is 0 Å². The van der Waals surface area contributed by atoms with Crippen molar-refractivity contribution in [3.63, 3.8) is 0 Å². The first-order chi connectivity index (χ1) is 11.3. The number of nitrogens with one attached hydrogen (secondary N) is 1. The van der Waals surface area contributed by atoms with Crippen LogP contribution in [0.4, 0.5) is 11.4 Å². The number of benzene rings is 1. The fraction of sp³-hybridized carbons (Fsp3) is 0.312. The minimum atomic E-state index is -0.508. The van der Waals surface area contributed by atoms with E-state index >= 15 is 0 Å².